The van der Waals surface area contributed by atoms with Gasteiger partial charge in [-0.2, -0.15) is 0 Å². The molecule has 8 aromatic rings. The number of carboxylic acid groups (broad SMARTS) is 1. The van der Waals surface area contributed by atoms with E-state index in [9.17, 15) is 38.4 Å². The number of rotatable bonds is 15. The average molecular weight is 1010 g/mol. The van der Waals surface area contributed by atoms with Crippen LogP contribution in [-0.2, 0) is 35.8 Å². The number of aryl methyl sites for hydroxylation is 2. The number of pyridine rings is 4. The summed E-state index contributed by atoms with van der Waals surface area (Å²) in [7, 11) is 0. The Morgan fingerprint density at radius 2 is 1.07 bits per heavy atom. The van der Waals surface area contributed by atoms with Crippen LogP contribution < -0.4 is 44.3 Å². The van der Waals surface area contributed by atoms with Crippen molar-refractivity contribution in [2.75, 3.05) is 11.1 Å². The number of aromatic amines is 2. The highest BCUT2D eigenvalue weighted by Gasteiger charge is 2.20. The van der Waals surface area contributed by atoms with Gasteiger partial charge in [0, 0.05) is 65.8 Å². The van der Waals surface area contributed by atoms with E-state index in [-0.39, 0.29) is 73.2 Å². The normalized spacial score (nSPS) is 10.6. The lowest BCUT2D eigenvalue weighted by molar-refractivity contribution is -0.137. The van der Waals surface area contributed by atoms with Gasteiger partial charge in [0.25, 0.3) is 34.7 Å². The highest BCUT2D eigenvalue weighted by molar-refractivity contribution is 6.30. The van der Waals surface area contributed by atoms with Gasteiger partial charge in [0.15, 0.2) is 11.6 Å². The Balaban J connectivity index is 0.000000202. The molecule has 0 aliphatic rings. The van der Waals surface area contributed by atoms with Crippen molar-refractivity contribution >= 4 is 92.4 Å². The minimum absolute atomic E-state index is 0.00634. The molecule has 364 valence electrons. The Bertz CT molecular complexity index is 3390. The van der Waals surface area contributed by atoms with Crippen LogP contribution >= 0.6 is 23.2 Å². The van der Waals surface area contributed by atoms with Crippen LogP contribution in [0.5, 0.6) is 0 Å². The number of carbonyl (C=O) groups excluding carboxylic acids is 5. The molecule has 23 nitrogen and oxygen atoms in total. The fraction of sp³-hybridized carbons (Fsp3) is 0.130. The number of anilines is 2. The largest absolute Gasteiger partial charge is 0.481 e. The number of benzene rings is 2. The Labute approximate surface area is 410 Å². The summed E-state index contributed by atoms with van der Waals surface area (Å²) in [5.74, 6) is -3.87. The summed E-state index contributed by atoms with van der Waals surface area (Å²) in [6.45, 7) is 0.303. The molecule has 0 radical (unpaired) electrons. The predicted molar refractivity (Wildman–Crippen MR) is 261 cm³/mol. The summed E-state index contributed by atoms with van der Waals surface area (Å²) in [6.07, 6.45) is 5.17. The first-order valence-electron chi connectivity index (χ1n) is 21.0. The Hall–Kier alpha value is -9.22. The third-order valence-corrected chi connectivity index (χ3v) is 10.6. The van der Waals surface area contributed by atoms with E-state index in [0.29, 0.717) is 32.1 Å². The number of carboxylic acids is 1. The van der Waals surface area contributed by atoms with Crippen LogP contribution in [0.15, 0.2) is 120 Å². The first-order valence-corrected chi connectivity index (χ1v) is 21.7. The molecule has 25 heteroatoms. The van der Waals surface area contributed by atoms with Gasteiger partial charge in [-0.05, 0) is 71.8 Å². The third-order valence-electron chi connectivity index (χ3n) is 10.1. The molecule has 0 fully saturated rings. The molecule has 0 bridgehead atoms. The molecule has 5 amide bonds. The molecule has 2 aromatic carbocycles. The number of fused-ring (bicyclic) bond motifs is 2. The van der Waals surface area contributed by atoms with Crippen LogP contribution in [0.3, 0.4) is 0 Å². The van der Waals surface area contributed by atoms with Crippen LogP contribution in [0.25, 0.3) is 22.1 Å². The summed E-state index contributed by atoms with van der Waals surface area (Å²) < 4.78 is 2.49. The first kappa shape index (κ1) is 51.2. The minimum Gasteiger partial charge on any atom is -0.481 e. The zero-order valence-corrected chi connectivity index (χ0v) is 38.5. The number of aromatic nitrogens is 8. The topological polar surface area (TPSA) is 364 Å². The maximum absolute atomic E-state index is 13.2. The second-order valence-corrected chi connectivity index (χ2v) is 15.8. The zero-order chi connectivity index (χ0) is 51.2. The quantitative estimate of drug-likeness (QED) is 0.0711. The number of hydrogen-bond acceptors (Lipinski definition) is 13. The number of amides is 5. The Kier molecular flexibility index (Phi) is 17.1. The summed E-state index contributed by atoms with van der Waals surface area (Å²) in [6, 6.07) is 23.7. The standard InChI is InChI=1S/C23H20ClN7O4.C19H16ClN3O4.C4H6N4O/c24-15-5-3-13(4-6-15)11-27-22(34)16-10-14-2-1-8-26-21(14)31(23(16)35)9-7-17(32)30-20-18(19(25)33)28-12-29-20;20-14-5-3-12(4-6-14)11-22-18(26)15-10-13-2-1-8-21-17(13)23(19(15)27)9-7-16(24)25;5-3-2(4(6)9)7-1-8-3/h1-6,8,10,12H,7,9,11H2,(H2,25,33)(H,27,34)(H,28,29)(H,30,32);1-6,8,10H,7,9,11H2,(H,22,26)(H,24,25);1H,5H2,(H2,6,9)(H,7,8). The van der Waals surface area contributed by atoms with Crippen molar-refractivity contribution in [2.45, 2.75) is 39.0 Å². The average Bonchev–Trinajstić information content (AvgIpc) is 4.02. The number of carbonyl (C=O) groups is 6. The number of primary amides is 2. The molecule has 0 aliphatic carbocycles. The molecule has 12 N–H and O–H groups in total. The predicted octanol–water partition coefficient (Wildman–Crippen LogP) is 3.38. The second kappa shape index (κ2) is 23.7. The lowest BCUT2D eigenvalue weighted by atomic mass is 10.1. The van der Waals surface area contributed by atoms with Crippen molar-refractivity contribution in [3.63, 3.8) is 0 Å². The van der Waals surface area contributed by atoms with Gasteiger partial charge in [-0.15, -0.1) is 0 Å². The summed E-state index contributed by atoms with van der Waals surface area (Å²) in [5, 5.41) is 19.1. The van der Waals surface area contributed by atoms with E-state index < -0.39 is 46.6 Å². The highest BCUT2D eigenvalue weighted by Crippen LogP contribution is 2.16. The van der Waals surface area contributed by atoms with E-state index in [1.165, 1.54) is 46.3 Å². The number of nitrogens with zero attached hydrogens (tertiary/aromatic N) is 6. The molecule has 6 aromatic heterocycles. The molecular weight excluding hydrogens is 964 g/mol. The van der Waals surface area contributed by atoms with E-state index in [1.807, 2.05) is 0 Å². The van der Waals surface area contributed by atoms with E-state index in [2.05, 4.69) is 45.9 Å². The molecule has 8 rings (SSSR count). The van der Waals surface area contributed by atoms with E-state index in [0.717, 1.165) is 11.1 Å². The van der Waals surface area contributed by atoms with Gasteiger partial charge >= 0.3 is 5.97 Å². The number of nitrogen functional groups attached to an aromatic ring is 1. The molecule has 71 heavy (non-hydrogen) atoms. The molecular formula is C46H42Cl2N14O9. The van der Waals surface area contributed by atoms with Gasteiger partial charge in [-0.3, -0.25) is 47.5 Å². The highest BCUT2D eigenvalue weighted by atomic mass is 35.5. The van der Waals surface area contributed by atoms with Crippen molar-refractivity contribution in [3.05, 3.63) is 174 Å². The van der Waals surface area contributed by atoms with E-state index >= 15 is 0 Å². The van der Waals surface area contributed by atoms with Gasteiger partial charge < -0.3 is 48.2 Å². The van der Waals surface area contributed by atoms with Crippen LogP contribution in [-0.4, -0.2) is 79.6 Å². The van der Waals surface area contributed by atoms with Crippen molar-refractivity contribution in [3.8, 4) is 0 Å². The number of halogens is 2. The molecule has 0 atom stereocenters. The van der Waals surface area contributed by atoms with Crippen molar-refractivity contribution in [2.24, 2.45) is 11.5 Å². The number of hydrogen-bond donors (Lipinski definition) is 9. The summed E-state index contributed by atoms with van der Waals surface area (Å²) in [4.78, 5) is 117. The molecule has 6 heterocycles. The van der Waals surface area contributed by atoms with Gasteiger partial charge in [0.2, 0.25) is 5.91 Å². The lowest BCUT2D eigenvalue weighted by Gasteiger charge is -2.12. The van der Waals surface area contributed by atoms with E-state index in [1.54, 1.807) is 72.8 Å². The van der Waals surface area contributed by atoms with E-state index in [4.69, 9.17) is 45.5 Å². The molecule has 0 unspecified atom stereocenters. The van der Waals surface area contributed by atoms with Crippen molar-refractivity contribution < 1.29 is 33.9 Å². The smallest absolute Gasteiger partial charge is 0.305 e. The monoisotopic (exact) mass is 1000 g/mol. The zero-order valence-electron chi connectivity index (χ0n) is 37.0. The van der Waals surface area contributed by atoms with Gasteiger partial charge in [0.1, 0.15) is 33.8 Å². The van der Waals surface area contributed by atoms with Crippen molar-refractivity contribution in [1.82, 2.24) is 49.7 Å². The van der Waals surface area contributed by atoms with Crippen LogP contribution in [0.2, 0.25) is 10.0 Å². The third kappa shape index (κ3) is 13.5. The number of nitrogens with two attached hydrogens (primary N) is 3. The molecule has 0 aliphatic heterocycles. The van der Waals surface area contributed by atoms with Gasteiger partial charge in [-0.25, -0.2) is 19.9 Å². The SMILES string of the molecule is NC(=O)c1[nH]cnc1N.NC(=O)c1[nH]cnc1NC(=O)CCn1c(=O)c(C(=O)NCc2ccc(Cl)cc2)cc2cccnc21.O=C(O)CCn1c(=O)c(C(=O)NCc2ccc(Cl)cc2)cc2cccnc21. The number of nitrogens with one attached hydrogen (secondary N) is 5. The van der Waals surface area contributed by atoms with Crippen LogP contribution in [0.4, 0.5) is 11.6 Å². The van der Waals surface area contributed by atoms with Crippen molar-refractivity contribution in [1.29, 1.82) is 0 Å². The fourth-order valence-corrected chi connectivity index (χ4v) is 6.86. The number of H-pyrrole nitrogens is 2. The van der Waals surface area contributed by atoms with Gasteiger partial charge in [0.05, 0.1) is 19.1 Å². The van der Waals surface area contributed by atoms with Gasteiger partial charge in [-0.1, -0.05) is 47.5 Å². The number of aliphatic carboxylic acids is 1. The molecule has 0 saturated carbocycles. The maximum Gasteiger partial charge on any atom is 0.305 e. The summed E-state index contributed by atoms with van der Waals surface area (Å²) >= 11 is 11.7. The molecule has 0 saturated heterocycles. The van der Waals surface area contributed by atoms with Crippen LogP contribution in [0.1, 0.15) is 65.7 Å². The maximum atomic E-state index is 13.2. The number of imidazole rings is 2. The second-order valence-electron chi connectivity index (χ2n) is 14.9. The summed E-state index contributed by atoms with van der Waals surface area (Å²) in [5.41, 5.74) is 16.5. The molecule has 0 spiro atoms. The Morgan fingerprint density at radius 3 is 1.49 bits per heavy atom. The fourth-order valence-electron chi connectivity index (χ4n) is 6.61. The van der Waals surface area contributed by atoms with Crippen LogP contribution in [0, 0.1) is 0 Å². The lowest BCUT2D eigenvalue weighted by Crippen LogP contribution is -2.34. The minimum atomic E-state index is -1.04. The Morgan fingerprint density at radius 1 is 0.620 bits per heavy atom. The first-order chi connectivity index (χ1) is 34.0.